The van der Waals surface area contributed by atoms with E-state index in [9.17, 15) is 9.59 Å². The molecule has 2 aromatic carbocycles. The van der Waals surface area contributed by atoms with E-state index < -0.39 is 0 Å². The third-order valence-corrected chi connectivity index (χ3v) is 5.12. The van der Waals surface area contributed by atoms with Gasteiger partial charge in [-0.15, -0.1) is 0 Å². The number of benzene rings is 2. The van der Waals surface area contributed by atoms with Crippen LogP contribution in [0.15, 0.2) is 42.5 Å². The topological polar surface area (TPSA) is 81.1 Å². The van der Waals surface area contributed by atoms with Crippen molar-refractivity contribution in [3.05, 3.63) is 53.6 Å². The van der Waals surface area contributed by atoms with Crippen LogP contribution in [-0.2, 0) is 16.0 Å². The maximum atomic E-state index is 12.4. The van der Waals surface area contributed by atoms with E-state index >= 15 is 0 Å². The summed E-state index contributed by atoms with van der Waals surface area (Å²) < 4.78 is 11.0. The summed E-state index contributed by atoms with van der Waals surface area (Å²) in [4.78, 5) is 25.6. The average molecular weight is 413 g/mol. The van der Waals surface area contributed by atoms with E-state index in [-0.39, 0.29) is 24.9 Å². The van der Waals surface area contributed by atoms with Gasteiger partial charge in [0, 0.05) is 18.3 Å². The molecule has 3 N–H and O–H groups in total. The van der Waals surface area contributed by atoms with Gasteiger partial charge in [0.05, 0.1) is 6.54 Å². The molecule has 2 amide bonds. The van der Waals surface area contributed by atoms with E-state index in [1.165, 1.54) is 11.1 Å². The Hall–Kier alpha value is -3.06. The molecule has 1 heterocycles. The number of quaternary nitrogens is 1. The minimum absolute atomic E-state index is 0.0486. The lowest BCUT2D eigenvalue weighted by molar-refractivity contribution is -0.881. The minimum atomic E-state index is -0.142. The Morgan fingerprint density at radius 3 is 2.50 bits per heavy atom. The predicted molar refractivity (Wildman–Crippen MR) is 115 cm³/mol. The first-order valence-corrected chi connectivity index (χ1v) is 10.4. The molecule has 0 radical (unpaired) electrons. The highest BCUT2D eigenvalue weighted by atomic mass is 16.6. The highest BCUT2D eigenvalue weighted by Crippen LogP contribution is 2.32. The fraction of sp³-hybridized carbons (Fsp3) is 0.391. The molecule has 0 aromatic heterocycles. The molecular weight excluding hydrogens is 382 g/mol. The summed E-state index contributed by atoms with van der Waals surface area (Å²) in [5.41, 5.74) is 3.11. The van der Waals surface area contributed by atoms with Crippen molar-refractivity contribution >= 4 is 17.5 Å². The van der Waals surface area contributed by atoms with Crippen LogP contribution in [0.5, 0.6) is 11.5 Å². The van der Waals surface area contributed by atoms with Gasteiger partial charge in [-0.1, -0.05) is 24.3 Å². The second-order valence-corrected chi connectivity index (χ2v) is 7.39. The lowest BCUT2D eigenvalue weighted by Gasteiger charge is -2.20. The van der Waals surface area contributed by atoms with Gasteiger partial charge < -0.3 is 25.0 Å². The number of hydrogen-bond acceptors (Lipinski definition) is 4. The van der Waals surface area contributed by atoms with Gasteiger partial charge >= 0.3 is 0 Å². The predicted octanol–water partition coefficient (Wildman–Crippen LogP) is 0.968. The lowest BCUT2D eigenvalue weighted by Crippen LogP contribution is -3.14. The normalized spacial score (nSPS) is 13.4. The zero-order chi connectivity index (χ0) is 21.3. The van der Waals surface area contributed by atoms with Crippen LogP contribution in [0.3, 0.4) is 0 Å². The molecule has 1 aliphatic rings. The first-order chi connectivity index (χ1) is 14.5. The number of rotatable bonds is 9. The number of ether oxygens (including phenoxy) is 2. The van der Waals surface area contributed by atoms with Gasteiger partial charge in [0.1, 0.15) is 13.2 Å². The van der Waals surface area contributed by atoms with E-state index in [1.54, 1.807) is 18.2 Å². The van der Waals surface area contributed by atoms with Gasteiger partial charge in [0.25, 0.3) is 11.8 Å². The standard InChI is InChI=1S/C23H29N3O4/c1-3-26(15-22(27)24-11-10-18-7-5-4-6-17(18)2)16-23(28)25-19-8-9-20-21(14-19)30-13-12-29-20/h4-9,14H,3,10-13,15-16H2,1-2H3,(H,24,27)(H,25,28)/p+1. The summed E-state index contributed by atoms with van der Waals surface area (Å²) in [6.45, 7) is 6.81. The van der Waals surface area contributed by atoms with Crippen molar-refractivity contribution in [2.75, 3.05) is 44.7 Å². The largest absolute Gasteiger partial charge is 0.486 e. The molecule has 160 valence electrons. The van der Waals surface area contributed by atoms with Gasteiger partial charge in [0.2, 0.25) is 0 Å². The van der Waals surface area contributed by atoms with Gasteiger partial charge in [-0.2, -0.15) is 0 Å². The summed E-state index contributed by atoms with van der Waals surface area (Å²) in [5.74, 6) is 1.12. The van der Waals surface area contributed by atoms with Crippen LogP contribution in [0, 0.1) is 6.92 Å². The second-order valence-electron chi connectivity index (χ2n) is 7.39. The molecule has 1 unspecified atom stereocenters. The fourth-order valence-corrected chi connectivity index (χ4v) is 3.38. The molecule has 3 rings (SSSR count). The Labute approximate surface area is 177 Å². The van der Waals surface area contributed by atoms with Gasteiger partial charge in [-0.3, -0.25) is 9.59 Å². The molecule has 30 heavy (non-hydrogen) atoms. The number of nitrogens with one attached hydrogen (secondary N) is 3. The number of fused-ring (bicyclic) bond motifs is 1. The van der Waals surface area contributed by atoms with E-state index in [0.717, 1.165) is 11.3 Å². The van der Waals surface area contributed by atoms with Crippen molar-refractivity contribution in [1.29, 1.82) is 0 Å². The van der Waals surface area contributed by atoms with Crippen molar-refractivity contribution in [1.82, 2.24) is 5.32 Å². The number of anilines is 1. The van der Waals surface area contributed by atoms with Crippen molar-refractivity contribution in [3.8, 4) is 11.5 Å². The molecule has 0 bridgehead atoms. The van der Waals surface area contributed by atoms with Gasteiger partial charge in [0.15, 0.2) is 24.6 Å². The monoisotopic (exact) mass is 412 g/mol. The van der Waals surface area contributed by atoms with Crippen molar-refractivity contribution in [3.63, 3.8) is 0 Å². The summed E-state index contributed by atoms with van der Waals surface area (Å²) in [7, 11) is 0. The molecule has 0 fully saturated rings. The Kier molecular flexibility index (Phi) is 7.68. The minimum Gasteiger partial charge on any atom is -0.486 e. The number of carbonyl (C=O) groups is 2. The first kappa shape index (κ1) is 21.6. The zero-order valence-electron chi connectivity index (χ0n) is 17.6. The Balaban J connectivity index is 1.43. The third-order valence-electron chi connectivity index (χ3n) is 5.12. The summed E-state index contributed by atoms with van der Waals surface area (Å²) in [5, 5.41) is 5.83. The first-order valence-electron chi connectivity index (χ1n) is 10.4. The molecule has 0 aliphatic carbocycles. The zero-order valence-corrected chi connectivity index (χ0v) is 17.6. The highest BCUT2D eigenvalue weighted by Gasteiger charge is 2.18. The van der Waals surface area contributed by atoms with Crippen LogP contribution in [-0.4, -0.2) is 51.2 Å². The SMILES string of the molecule is CC[NH+](CC(=O)NCCc1ccccc1C)CC(=O)Nc1ccc2c(c1)OCCO2. The van der Waals surface area contributed by atoms with E-state index in [0.29, 0.717) is 43.5 Å². The maximum absolute atomic E-state index is 12.4. The van der Waals surface area contributed by atoms with Crippen LogP contribution < -0.4 is 25.0 Å². The summed E-state index contributed by atoms with van der Waals surface area (Å²) in [6.07, 6.45) is 0.796. The quantitative estimate of drug-likeness (QED) is 0.573. The molecular formula is C23H30N3O4+. The van der Waals surface area contributed by atoms with Crippen LogP contribution >= 0.6 is 0 Å². The Morgan fingerprint density at radius 2 is 1.73 bits per heavy atom. The van der Waals surface area contributed by atoms with Crippen molar-refractivity contribution < 1.29 is 24.0 Å². The third kappa shape index (κ3) is 6.22. The van der Waals surface area contributed by atoms with Crippen LogP contribution in [0.25, 0.3) is 0 Å². The molecule has 0 saturated heterocycles. The van der Waals surface area contributed by atoms with E-state index in [1.807, 2.05) is 19.1 Å². The molecule has 0 saturated carbocycles. The second kappa shape index (κ2) is 10.6. The maximum Gasteiger partial charge on any atom is 0.279 e. The number of aryl methyl sites for hydroxylation is 1. The van der Waals surface area contributed by atoms with E-state index in [4.69, 9.17) is 9.47 Å². The number of amides is 2. The molecule has 1 aliphatic heterocycles. The van der Waals surface area contributed by atoms with E-state index in [2.05, 4.69) is 29.7 Å². The highest BCUT2D eigenvalue weighted by molar-refractivity contribution is 5.92. The van der Waals surface area contributed by atoms with Crippen molar-refractivity contribution in [2.24, 2.45) is 0 Å². The molecule has 7 heteroatoms. The van der Waals surface area contributed by atoms with Gasteiger partial charge in [-0.25, -0.2) is 0 Å². The van der Waals surface area contributed by atoms with Crippen LogP contribution in [0.1, 0.15) is 18.1 Å². The Bertz CT molecular complexity index is 885. The van der Waals surface area contributed by atoms with Crippen molar-refractivity contribution in [2.45, 2.75) is 20.3 Å². The molecule has 2 aromatic rings. The fourth-order valence-electron chi connectivity index (χ4n) is 3.38. The van der Waals surface area contributed by atoms with Crippen LogP contribution in [0.4, 0.5) is 5.69 Å². The lowest BCUT2D eigenvalue weighted by atomic mass is 10.1. The average Bonchev–Trinajstić information content (AvgIpc) is 2.74. The number of carbonyl (C=O) groups excluding carboxylic acids is 2. The smallest absolute Gasteiger partial charge is 0.279 e. The van der Waals surface area contributed by atoms with Gasteiger partial charge in [-0.05, 0) is 43.5 Å². The molecule has 1 atom stereocenters. The van der Waals surface area contributed by atoms with Crippen LogP contribution in [0.2, 0.25) is 0 Å². The molecule has 7 nitrogen and oxygen atoms in total. The number of hydrogen-bond donors (Lipinski definition) is 3. The molecule has 0 spiro atoms. The summed E-state index contributed by atoms with van der Waals surface area (Å²) in [6, 6.07) is 13.5. The number of likely N-dealkylation sites (N-methyl/N-ethyl adjacent to an activating group) is 1. The Morgan fingerprint density at radius 1 is 1.00 bits per heavy atom. The summed E-state index contributed by atoms with van der Waals surface area (Å²) >= 11 is 0.